The molecule has 0 fully saturated rings. The fourth-order valence-electron chi connectivity index (χ4n) is 1.71. The molecular weight excluding hydrogens is 272 g/mol. The van der Waals surface area contributed by atoms with Crippen molar-refractivity contribution in [2.24, 2.45) is 0 Å². The van der Waals surface area contributed by atoms with Crippen LogP contribution >= 0.6 is 15.9 Å². The van der Waals surface area contributed by atoms with E-state index in [4.69, 9.17) is 5.11 Å². The van der Waals surface area contributed by atoms with Gasteiger partial charge in [0.1, 0.15) is 10.4 Å². The zero-order valence-corrected chi connectivity index (χ0v) is 10.4. The van der Waals surface area contributed by atoms with Gasteiger partial charge in [-0.05, 0) is 34.5 Å². The van der Waals surface area contributed by atoms with Gasteiger partial charge in [0.05, 0.1) is 11.9 Å². The second-order valence-electron chi connectivity index (χ2n) is 3.62. The van der Waals surface area contributed by atoms with Gasteiger partial charge >= 0.3 is 5.97 Å². The Balaban J connectivity index is 2.47. The number of hydrogen-bond donors (Lipinski definition) is 1. The third-order valence-electron chi connectivity index (χ3n) is 2.46. The van der Waals surface area contributed by atoms with Gasteiger partial charge < -0.3 is 9.51 Å². The molecule has 0 spiro atoms. The molecule has 0 aromatic carbocycles. The molecule has 2 heterocycles. The Bertz CT molecular complexity index is 548. The Morgan fingerprint density at radius 3 is 3.06 bits per heavy atom. The predicted molar refractivity (Wildman–Crippen MR) is 63.6 cm³/mol. The molecule has 0 aliphatic carbocycles. The zero-order valence-electron chi connectivity index (χ0n) is 8.77. The van der Waals surface area contributed by atoms with Crippen LogP contribution in [0.5, 0.6) is 0 Å². The highest BCUT2D eigenvalue weighted by atomic mass is 79.9. The second-order valence-corrected chi connectivity index (χ2v) is 4.37. The standard InChI is InChI=1S/C11H11BrN2O2/c1-7-3-2-6-14-8(4-5-9(15)16)13-11(12)10(7)14/h2-3,6H,4-5H2,1H3,(H,15,16). The molecule has 16 heavy (non-hydrogen) atoms. The number of aryl methyl sites for hydroxylation is 2. The lowest BCUT2D eigenvalue weighted by atomic mass is 10.2. The van der Waals surface area contributed by atoms with Crippen LogP contribution in [0.4, 0.5) is 0 Å². The molecule has 0 amide bonds. The van der Waals surface area contributed by atoms with Crippen molar-refractivity contribution in [2.75, 3.05) is 0 Å². The lowest BCUT2D eigenvalue weighted by molar-refractivity contribution is -0.137. The highest BCUT2D eigenvalue weighted by molar-refractivity contribution is 9.10. The van der Waals surface area contributed by atoms with Crippen molar-refractivity contribution in [3.8, 4) is 0 Å². The SMILES string of the molecule is Cc1cccn2c(CCC(=O)O)nc(Br)c12. The smallest absolute Gasteiger partial charge is 0.303 e. The first-order valence-electron chi connectivity index (χ1n) is 4.93. The first-order chi connectivity index (χ1) is 7.59. The van der Waals surface area contributed by atoms with Crippen LogP contribution in [0.25, 0.3) is 5.52 Å². The fourth-order valence-corrected chi connectivity index (χ4v) is 2.42. The highest BCUT2D eigenvalue weighted by Crippen LogP contribution is 2.22. The number of aromatic nitrogens is 2. The van der Waals surface area contributed by atoms with Crippen LogP contribution in [0.3, 0.4) is 0 Å². The van der Waals surface area contributed by atoms with Crippen LogP contribution in [-0.4, -0.2) is 20.5 Å². The first kappa shape index (κ1) is 11.1. The van der Waals surface area contributed by atoms with Crippen LogP contribution in [0.15, 0.2) is 22.9 Å². The minimum absolute atomic E-state index is 0.0967. The summed E-state index contributed by atoms with van der Waals surface area (Å²) in [5.74, 6) is -0.0338. The van der Waals surface area contributed by atoms with E-state index in [1.54, 1.807) is 0 Å². The maximum atomic E-state index is 10.5. The molecule has 4 nitrogen and oxygen atoms in total. The van der Waals surface area contributed by atoms with Gasteiger partial charge in [-0.2, -0.15) is 0 Å². The van der Waals surface area contributed by atoms with Crippen molar-refractivity contribution in [3.05, 3.63) is 34.3 Å². The van der Waals surface area contributed by atoms with E-state index in [0.717, 1.165) is 21.5 Å². The average Bonchev–Trinajstić information content (AvgIpc) is 2.54. The Morgan fingerprint density at radius 1 is 1.62 bits per heavy atom. The van der Waals surface area contributed by atoms with Crippen LogP contribution < -0.4 is 0 Å². The number of aliphatic carboxylic acids is 1. The number of hydrogen-bond acceptors (Lipinski definition) is 2. The van der Waals surface area contributed by atoms with Gasteiger partial charge in [-0.1, -0.05) is 6.07 Å². The van der Waals surface area contributed by atoms with E-state index in [9.17, 15) is 4.79 Å². The van der Waals surface area contributed by atoms with E-state index in [0.29, 0.717) is 6.42 Å². The summed E-state index contributed by atoms with van der Waals surface area (Å²) in [6, 6.07) is 3.93. The van der Waals surface area contributed by atoms with Gasteiger partial charge in [-0.15, -0.1) is 0 Å². The molecule has 0 aliphatic heterocycles. The summed E-state index contributed by atoms with van der Waals surface area (Å²) in [5, 5.41) is 8.66. The van der Waals surface area contributed by atoms with Crippen molar-refractivity contribution in [2.45, 2.75) is 19.8 Å². The first-order valence-corrected chi connectivity index (χ1v) is 5.72. The monoisotopic (exact) mass is 282 g/mol. The van der Waals surface area contributed by atoms with E-state index < -0.39 is 5.97 Å². The summed E-state index contributed by atoms with van der Waals surface area (Å²) in [6.45, 7) is 2.00. The molecule has 0 saturated heterocycles. The maximum absolute atomic E-state index is 10.5. The number of fused-ring (bicyclic) bond motifs is 1. The number of imidazole rings is 1. The van der Waals surface area contributed by atoms with Crippen molar-refractivity contribution in [3.63, 3.8) is 0 Å². The van der Waals surface area contributed by atoms with E-state index in [2.05, 4.69) is 20.9 Å². The molecule has 5 heteroatoms. The summed E-state index contributed by atoms with van der Waals surface area (Å²) in [7, 11) is 0. The van der Waals surface area contributed by atoms with E-state index >= 15 is 0 Å². The molecule has 2 aromatic rings. The number of pyridine rings is 1. The number of carbonyl (C=O) groups is 1. The molecule has 84 valence electrons. The molecular formula is C11H11BrN2O2. The Morgan fingerprint density at radius 2 is 2.38 bits per heavy atom. The van der Waals surface area contributed by atoms with Gasteiger partial charge in [0, 0.05) is 12.6 Å². The van der Waals surface area contributed by atoms with Crippen molar-refractivity contribution >= 4 is 27.4 Å². The molecule has 2 rings (SSSR count). The van der Waals surface area contributed by atoms with E-state index in [1.807, 2.05) is 29.7 Å². The largest absolute Gasteiger partial charge is 0.481 e. The van der Waals surface area contributed by atoms with E-state index in [-0.39, 0.29) is 6.42 Å². The van der Waals surface area contributed by atoms with Crippen LogP contribution in [-0.2, 0) is 11.2 Å². The van der Waals surface area contributed by atoms with Gasteiger partial charge in [0.25, 0.3) is 0 Å². The van der Waals surface area contributed by atoms with Crippen LogP contribution in [0.2, 0.25) is 0 Å². The molecule has 0 aliphatic rings. The number of halogens is 1. The molecule has 0 radical (unpaired) electrons. The lowest BCUT2D eigenvalue weighted by Crippen LogP contribution is -2.01. The molecule has 0 atom stereocenters. The fraction of sp³-hybridized carbons (Fsp3) is 0.273. The second kappa shape index (κ2) is 4.25. The normalized spacial score (nSPS) is 10.9. The van der Waals surface area contributed by atoms with E-state index in [1.165, 1.54) is 0 Å². The lowest BCUT2D eigenvalue weighted by Gasteiger charge is -2.01. The topological polar surface area (TPSA) is 54.6 Å². The molecule has 0 unspecified atom stereocenters. The summed E-state index contributed by atoms with van der Waals surface area (Å²) < 4.78 is 2.70. The van der Waals surface area contributed by atoms with Crippen molar-refractivity contribution in [1.29, 1.82) is 0 Å². The molecule has 2 aromatic heterocycles. The van der Waals surface area contributed by atoms with Gasteiger partial charge in [-0.3, -0.25) is 4.79 Å². The zero-order chi connectivity index (χ0) is 11.7. The quantitative estimate of drug-likeness (QED) is 0.941. The maximum Gasteiger partial charge on any atom is 0.303 e. The third-order valence-corrected chi connectivity index (χ3v) is 3.01. The van der Waals surface area contributed by atoms with Crippen molar-refractivity contribution < 1.29 is 9.90 Å². The van der Waals surface area contributed by atoms with Gasteiger partial charge in [0.2, 0.25) is 0 Å². The highest BCUT2D eigenvalue weighted by Gasteiger charge is 2.11. The summed E-state index contributed by atoms with van der Waals surface area (Å²) in [4.78, 5) is 14.9. The Hall–Kier alpha value is -1.36. The van der Waals surface area contributed by atoms with Gasteiger partial charge in [-0.25, -0.2) is 4.98 Å². The Labute approximate surface area is 101 Å². The average molecular weight is 283 g/mol. The molecule has 1 N–H and O–H groups in total. The minimum Gasteiger partial charge on any atom is -0.481 e. The van der Waals surface area contributed by atoms with Crippen LogP contribution in [0.1, 0.15) is 17.8 Å². The Kier molecular flexibility index (Phi) is 2.96. The minimum atomic E-state index is -0.805. The molecule has 0 saturated carbocycles. The predicted octanol–water partition coefficient (Wildman–Crippen LogP) is 2.42. The summed E-state index contributed by atoms with van der Waals surface area (Å²) in [5.41, 5.74) is 2.12. The number of carboxylic acid groups (broad SMARTS) is 1. The number of nitrogens with zero attached hydrogens (tertiary/aromatic N) is 2. The van der Waals surface area contributed by atoms with Gasteiger partial charge in [0.15, 0.2) is 0 Å². The van der Waals surface area contributed by atoms with Crippen molar-refractivity contribution in [1.82, 2.24) is 9.38 Å². The number of carboxylic acids is 1. The summed E-state index contributed by atoms with van der Waals surface area (Å²) >= 11 is 3.40. The van der Waals surface area contributed by atoms with Crippen LogP contribution in [0, 0.1) is 6.92 Å². The summed E-state index contributed by atoms with van der Waals surface area (Å²) in [6.07, 6.45) is 2.43. The third kappa shape index (κ3) is 1.95. The number of rotatable bonds is 3. The molecule has 0 bridgehead atoms.